The third-order valence-electron chi connectivity index (χ3n) is 6.28. The Morgan fingerprint density at radius 3 is 2.31 bits per heavy atom. The minimum atomic E-state index is -4.84. The first-order valence-corrected chi connectivity index (χ1v) is 13.5. The third kappa shape index (κ3) is 5.65. The molecule has 2 atom stereocenters. The predicted octanol–water partition coefficient (Wildman–Crippen LogP) is 3.65. The molecule has 0 aliphatic carbocycles. The largest absolute Gasteiger partial charge is 0.421 e. The van der Waals surface area contributed by atoms with Crippen molar-refractivity contribution in [3.63, 3.8) is 0 Å². The van der Waals surface area contributed by atoms with E-state index in [0.29, 0.717) is 12.6 Å². The Morgan fingerprint density at radius 1 is 1.20 bits per heavy atom. The van der Waals surface area contributed by atoms with E-state index in [0.717, 1.165) is 11.3 Å². The number of halogens is 3. The number of piperazine rings is 1. The normalized spacial score (nSPS) is 19.6. The Balaban J connectivity index is 1.93. The monoisotopic (exact) mass is 533 g/mol. The summed E-state index contributed by atoms with van der Waals surface area (Å²) in [6.07, 6.45) is -4.84. The van der Waals surface area contributed by atoms with E-state index in [1.807, 2.05) is 18.7 Å². The maximum atomic E-state index is 13.2. The summed E-state index contributed by atoms with van der Waals surface area (Å²) in [6, 6.07) is 8.07. The van der Waals surface area contributed by atoms with Gasteiger partial charge in [-0.2, -0.15) is 17.5 Å². The van der Waals surface area contributed by atoms with Crippen molar-refractivity contribution in [2.75, 3.05) is 31.1 Å². The van der Waals surface area contributed by atoms with Crippen molar-refractivity contribution in [3.8, 4) is 0 Å². The smallest absolute Gasteiger partial charge is 0.376 e. The van der Waals surface area contributed by atoms with Crippen LogP contribution in [0.5, 0.6) is 0 Å². The fourth-order valence-corrected chi connectivity index (χ4v) is 6.76. The van der Waals surface area contributed by atoms with Gasteiger partial charge in [-0.3, -0.25) is 4.79 Å². The van der Waals surface area contributed by atoms with Crippen molar-refractivity contribution in [2.45, 2.75) is 55.8 Å². The summed E-state index contributed by atoms with van der Waals surface area (Å²) in [6.45, 7) is 6.69. The van der Waals surface area contributed by atoms with Crippen LogP contribution in [0.4, 0.5) is 18.9 Å². The Kier molecular flexibility index (Phi) is 7.90. The summed E-state index contributed by atoms with van der Waals surface area (Å²) in [5.41, 5.74) is -2.71. The first kappa shape index (κ1) is 27.4. The molecule has 0 radical (unpaired) electrons. The number of aliphatic hydroxyl groups is 1. The fraction of sp³-hybridized carbons (Fsp3) is 0.522. The van der Waals surface area contributed by atoms with Gasteiger partial charge in [-0.15, -0.1) is 11.3 Å². The number of carbonyl (C=O) groups is 1. The molecule has 1 aromatic heterocycles. The lowest BCUT2D eigenvalue weighted by atomic mass is 9.95. The van der Waals surface area contributed by atoms with Gasteiger partial charge in [0.2, 0.25) is 5.91 Å². The van der Waals surface area contributed by atoms with E-state index in [2.05, 4.69) is 0 Å². The van der Waals surface area contributed by atoms with Crippen LogP contribution in [0, 0.1) is 0 Å². The highest BCUT2D eigenvalue weighted by Gasteiger charge is 2.51. The van der Waals surface area contributed by atoms with Gasteiger partial charge in [0.25, 0.3) is 10.0 Å². The van der Waals surface area contributed by atoms with Crippen LogP contribution in [0.1, 0.15) is 33.3 Å². The Hall–Kier alpha value is -2.15. The number of nitrogens with zero attached hydrogens (tertiary/aromatic N) is 3. The molecular weight excluding hydrogens is 503 g/mol. The van der Waals surface area contributed by atoms with E-state index < -0.39 is 27.8 Å². The summed E-state index contributed by atoms with van der Waals surface area (Å²) in [5, 5.41) is 11.7. The van der Waals surface area contributed by atoms with Crippen molar-refractivity contribution < 1.29 is 31.5 Å². The predicted molar refractivity (Wildman–Crippen MR) is 129 cm³/mol. The topological polar surface area (TPSA) is 81.2 Å². The number of thiophene rings is 1. The second kappa shape index (κ2) is 10.1. The van der Waals surface area contributed by atoms with Crippen LogP contribution >= 0.6 is 11.3 Å². The number of hydrogen-bond donors (Lipinski definition) is 1. The van der Waals surface area contributed by atoms with Gasteiger partial charge in [-0.1, -0.05) is 18.2 Å². The van der Waals surface area contributed by atoms with Crippen LogP contribution in [0.3, 0.4) is 0 Å². The first-order valence-electron chi connectivity index (χ1n) is 11.1. The van der Waals surface area contributed by atoms with Gasteiger partial charge >= 0.3 is 6.18 Å². The van der Waals surface area contributed by atoms with E-state index in [1.165, 1.54) is 35.5 Å². The lowest BCUT2D eigenvalue weighted by Crippen LogP contribution is -2.59. The summed E-state index contributed by atoms with van der Waals surface area (Å²) in [4.78, 5) is 15.8. The van der Waals surface area contributed by atoms with Gasteiger partial charge in [-0.25, -0.2) is 8.42 Å². The van der Waals surface area contributed by atoms with Crippen LogP contribution in [-0.2, 0) is 20.4 Å². The Morgan fingerprint density at radius 2 is 1.83 bits per heavy atom. The van der Waals surface area contributed by atoms with Gasteiger partial charge in [0.05, 0.1) is 6.04 Å². The number of rotatable bonds is 7. The maximum Gasteiger partial charge on any atom is 0.421 e. The summed E-state index contributed by atoms with van der Waals surface area (Å²) in [7, 11) is -3.71. The minimum absolute atomic E-state index is 0.110. The second-order valence-corrected chi connectivity index (χ2v) is 12.1. The van der Waals surface area contributed by atoms with E-state index in [9.17, 15) is 31.5 Å². The van der Waals surface area contributed by atoms with Crippen LogP contribution in [0.25, 0.3) is 0 Å². The van der Waals surface area contributed by atoms with Crippen LogP contribution in [0.15, 0.2) is 46.0 Å². The lowest BCUT2D eigenvalue weighted by molar-refractivity contribution is -0.258. The molecule has 1 saturated heterocycles. The molecule has 2 heterocycles. The van der Waals surface area contributed by atoms with Gasteiger partial charge in [0.1, 0.15) is 4.21 Å². The number of amides is 1. The molecule has 1 N–H and O–H groups in total. The highest BCUT2D eigenvalue weighted by molar-refractivity contribution is 7.91. The molecule has 7 nitrogen and oxygen atoms in total. The molecule has 3 rings (SSSR count). The quantitative estimate of drug-likeness (QED) is 0.588. The molecule has 35 heavy (non-hydrogen) atoms. The van der Waals surface area contributed by atoms with Gasteiger partial charge in [-0.05, 0) is 49.9 Å². The molecule has 0 bridgehead atoms. The lowest BCUT2D eigenvalue weighted by Gasteiger charge is -2.44. The molecule has 1 unspecified atom stereocenters. The van der Waals surface area contributed by atoms with Crippen molar-refractivity contribution >= 4 is 33.0 Å². The van der Waals surface area contributed by atoms with Crippen LogP contribution in [0.2, 0.25) is 0 Å². The molecule has 12 heteroatoms. The number of hydrogen-bond acceptors (Lipinski definition) is 6. The van der Waals surface area contributed by atoms with Gasteiger partial charge in [0.15, 0.2) is 5.60 Å². The Labute approximate surface area is 207 Å². The van der Waals surface area contributed by atoms with Crippen molar-refractivity contribution in [1.82, 2.24) is 9.21 Å². The van der Waals surface area contributed by atoms with Crippen LogP contribution in [-0.4, -0.2) is 73.1 Å². The van der Waals surface area contributed by atoms with Crippen molar-refractivity contribution in [2.24, 2.45) is 0 Å². The zero-order valence-electron chi connectivity index (χ0n) is 20.0. The fourth-order valence-electron chi connectivity index (χ4n) is 4.15. The van der Waals surface area contributed by atoms with E-state index in [1.54, 1.807) is 22.4 Å². The van der Waals surface area contributed by atoms with Crippen molar-refractivity contribution in [1.29, 1.82) is 0 Å². The summed E-state index contributed by atoms with van der Waals surface area (Å²) in [5.74, 6) is -0.158. The molecule has 1 aliphatic heterocycles. The number of anilines is 1. The SMILES string of the molecule is CC(=O)N(C[C@H]1CN(S(=O)(=O)c2cccs2)CCN1c1ccc(C(C)(O)C(F)(F)F)cc1)C(C)C. The van der Waals surface area contributed by atoms with Crippen molar-refractivity contribution in [3.05, 3.63) is 47.3 Å². The third-order valence-corrected chi connectivity index (χ3v) is 9.52. The molecule has 1 amide bonds. The molecule has 194 valence electrons. The first-order chi connectivity index (χ1) is 16.2. The van der Waals surface area contributed by atoms with E-state index in [4.69, 9.17) is 0 Å². The average Bonchev–Trinajstić information content (AvgIpc) is 3.32. The van der Waals surface area contributed by atoms with E-state index >= 15 is 0 Å². The minimum Gasteiger partial charge on any atom is -0.376 e. The number of benzene rings is 1. The molecule has 0 saturated carbocycles. The molecule has 2 aromatic rings. The van der Waals surface area contributed by atoms with E-state index in [-0.39, 0.29) is 47.9 Å². The maximum absolute atomic E-state index is 13.2. The molecule has 1 fully saturated rings. The zero-order chi connectivity index (χ0) is 26.2. The molecular formula is C23H30F3N3O4S2. The molecule has 1 aromatic carbocycles. The number of alkyl halides is 3. The number of carbonyl (C=O) groups excluding carboxylic acids is 1. The average molecular weight is 534 g/mol. The number of sulfonamides is 1. The summed E-state index contributed by atoms with van der Waals surface area (Å²) >= 11 is 1.13. The summed E-state index contributed by atoms with van der Waals surface area (Å²) < 4.78 is 67.6. The molecule has 0 spiro atoms. The second-order valence-electron chi connectivity index (χ2n) is 9.02. The Bertz CT molecular complexity index is 1120. The van der Waals surface area contributed by atoms with Gasteiger partial charge < -0.3 is 14.9 Å². The standard InChI is InChI=1S/C23H30F3N3O4S2/c1-16(2)29(17(3)30)15-20-14-27(35(32,33)21-6-5-13-34-21)11-12-28(20)19-9-7-18(8-10-19)22(4,31)23(24,25)26/h5-10,13,16,20,31H,11-12,14-15H2,1-4H3/t20-,22?/m1/s1. The highest BCUT2D eigenvalue weighted by Crippen LogP contribution is 2.39. The highest BCUT2D eigenvalue weighted by atomic mass is 32.2. The van der Waals surface area contributed by atoms with Crippen LogP contribution < -0.4 is 4.90 Å². The van der Waals surface area contributed by atoms with Gasteiger partial charge in [0, 0.05) is 44.8 Å². The molecule has 1 aliphatic rings. The zero-order valence-corrected chi connectivity index (χ0v) is 21.6.